The number of nitrogens with zero attached hydrogens (tertiary/aromatic N) is 6. The van der Waals surface area contributed by atoms with Gasteiger partial charge in [-0.05, 0) is 12.1 Å². The summed E-state index contributed by atoms with van der Waals surface area (Å²) < 4.78 is 4.42. The highest BCUT2D eigenvalue weighted by Crippen LogP contribution is 2.23. The Bertz CT molecular complexity index is 1130. The normalized spacial score (nSPS) is 14.6. The van der Waals surface area contributed by atoms with E-state index in [1.807, 2.05) is 22.8 Å². The van der Waals surface area contributed by atoms with Crippen molar-refractivity contribution in [1.29, 1.82) is 0 Å². The van der Waals surface area contributed by atoms with Crippen LogP contribution in [-0.2, 0) is 20.6 Å². The van der Waals surface area contributed by atoms with Crippen LogP contribution in [0.1, 0.15) is 0 Å². The lowest BCUT2D eigenvalue weighted by atomic mass is 10.2. The van der Waals surface area contributed by atoms with Gasteiger partial charge in [-0.15, -0.1) is 6.58 Å². The monoisotopic (exact) mass is 380 g/mol. The molecule has 0 atom stereocenters. The molecule has 8 nitrogen and oxygen atoms in total. The number of para-hydroxylation sites is 1. The number of fused-ring (bicyclic) bond motifs is 1. The van der Waals surface area contributed by atoms with E-state index >= 15 is 0 Å². The van der Waals surface area contributed by atoms with Gasteiger partial charge in [-0.2, -0.15) is 4.98 Å². The van der Waals surface area contributed by atoms with Crippen molar-refractivity contribution >= 4 is 22.8 Å². The van der Waals surface area contributed by atoms with Gasteiger partial charge in [-0.3, -0.25) is 13.9 Å². The van der Waals surface area contributed by atoms with E-state index in [1.54, 1.807) is 13.1 Å². The fourth-order valence-electron chi connectivity index (χ4n) is 3.78. The number of anilines is 2. The molecule has 3 aromatic rings. The van der Waals surface area contributed by atoms with Crippen molar-refractivity contribution < 1.29 is 0 Å². The Morgan fingerprint density at radius 3 is 2.29 bits per heavy atom. The summed E-state index contributed by atoms with van der Waals surface area (Å²) >= 11 is 0. The highest BCUT2D eigenvalue weighted by molar-refractivity contribution is 5.74. The maximum Gasteiger partial charge on any atom is 0.332 e. The first-order valence-corrected chi connectivity index (χ1v) is 9.35. The molecule has 0 radical (unpaired) electrons. The molecule has 4 rings (SSSR count). The van der Waals surface area contributed by atoms with Crippen molar-refractivity contribution in [2.75, 3.05) is 36.0 Å². The molecule has 1 aliphatic heterocycles. The van der Waals surface area contributed by atoms with Crippen LogP contribution in [0.4, 0.5) is 11.6 Å². The van der Waals surface area contributed by atoms with Crippen LogP contribution >= 0.6 is 0 Å². The van der Waals surface area contributed by atoms with E-state index in [-0.39, 0.29) is 11.2 Å². The molecule has 2 aromatic heterocycles. The summed E-state index contributed by atoms with van der Waals surface area (Å²) in [6.45, 7) is 7.56. The number of rotatable bonds is 4. The molecule has 1 fully saturated rings. The minimum atomic E-state index is -0.374. The van der Waals surface area contributed by atoms with Crippen LogP contribution in [0, 0.1) is 0 Å². The van der Waals surface area contributed by atoms with Crippen LogP contribution in [0.5, 0.6) is 0 Å². The van der Waals surface area contributed by atoms with Gasteiger partial charge in [0.15, 0.2) is 11.2 Å². The smallest absolute Gasteiger partial charge is 0.332 e. The zero-order valence-corrected chi connectivity index (χ0v) is 16.2. The van der Waals surface area contributed by atoms with Crippen molar-refractivity contribution in [3.05, 3.63) is 63.8 Å². The SMILES string of the molecule is C=CCn1c(N2CCN(c3ccccc3)CC2)nc2c1c(=O)n(C)c(=O)n2C. The van der Waals surface area contributed by atoms with E-state index in [4.69, 9.17) is 0 Å². The van der Waals surface area contributed by atoms with Gasteiger partial charge < -0.3 is 14.4 Å². The van der Waals surface area contributed by atoms with Crippen LogP contribution in [0.25, 0.3) is 11.2 Å². The van der Waals surface area contributed by atoms with Gasteiger partial charge in [-0.1, -0.05) is 24.3 Å². The highest BCUT2D eigenvalue weighted by atomic mass is 16.2. The molecule has 146 valence electrons. The first-order chi connectivity index (χ1) is 13.5. The molecule has 0 bridgehead atoms. The molecule has 0 saturated carbocycles. The lowest BCUT2D eigenvalue weighted by molar-refractivity contribution is 0.627. The minimum Gasteiger partial charge on any atom is -0.368 e. The van der Waals surface area contributed by atoms with E-state index < -0.39 is 0 Å². The number of hydrogen-bond donors (Lipinski definition) is 0. The summed E-state index contributed by atoms with van der Waals surface area (Å²) in [5.74, 6) is 0.709. The predicted octanol–water partition coefficient (Wildman–Crippen LogP) is 0.946. The number of hydrogen-bond acceptors (Lipinski definition) is 5. The number of aryl methyl sites for hydroxylation is 1. The van der Waals surface area contributed by atoms with Crippen LogP contribution < -0.4 is 21.0 Å². The number of benzene rings is 1. The van der Waals surface area contributed by atoms with Crippen molar-refractivity contribution in [2.24, 2.45) is 14.1 Å². The summed E-state index contributed by atoms with van der Waals surface area (Å²) in [4.78, 5) is 34.3. The largest absolute Gasteiger partial charge is 0.368 e. The fraction of sp³-hybridized carbons (Fsp3) is 0.350. The third-order valence-corrected chi connectivity index (χ3v) is 5.32. The van der Waals surface area contributed by atoms with Crippen LogP contribution in [-0.4, -0.2) is 44.9 Å². The maximum atomic E-state index is 12.8. The van der Waals surface area contributed by atoms with Crippen LogP contribution in [0.15, 0.2) is 52.6 Å². The molecule has 0 unspecified atom stereocenters. The molecule has 0 amide bonds. The Hall–Kier alpha value is -3.29. The van der Waals surface area contributed by atoms with Gasteiger partial charge in [0.25, 0.3) is 5.56 Å². The van der Waals surface area contributed by atoms with Gasteiger partial charge in [0.2, 0.25) is 5.95 Å². The fourth-order valence-corrected chi connectivity index (χ4v) is 3.78. The lowest BCUT2D eigenvalue weighted by Gasteiger charge is -2.36. The molecule has 1 saturated heterocycles. The van der Waals surface area contributed by atoms with Crippen LogP contribution in [0.3, 0.4) is 0 Å². The lowest BCUT2D eigenvalue weighted by Crippen LogP contribution is -2.47. The Balaban J connectivity index is 1.73. The summed E-state index contributed by atoms with van der Waals surface area (Å²) in [6.07, 6.45) is 1.75. The summed E-state index contributed by atoms with van der Waals surface area (Å²) in [5.41, 5.74) is 1.35. The Kier molecular flexibility index (Phi) is 4.54. The molecular formula is C20H24N6O2. The van der Waals surface area contributed by atoms with Crippen LogP contribution in [0.2, 0.25) is 0 Å². The van der Waals surface area contributed by atoms with Crippen molar-refractivity contribution in [3.63, 3.8) is 0 Å². The number of allylic oxidation sites excluding steroid dienone is 1. The molecule has 0 spiro atoms. The quantitative estimate of drug-likeness (QED) is 0.631. The third kappa shape index (κ3) is 2.81. The van der Waals surface area contributed by atoms with Gasteiger partial charge >= 0.3 is 5.69 Å². The van der Waals surface area contributed by atoms with E-state index in [0.717, 1.165) is 30.7 Å². The second-order valence-electron chi connectivity index (χ2n) is 7.00. The second kappa shape index (κ2) is 7.03. The van der Waals surface area contributed by atoms with Crippen molar-refractivity contribution in [1.82, 2.24) is 18.7 Å². The third-order valence-electron chi connectivity index (χ3n) is 5.32. The molecule has 0 N–H and O–H groups in total. The van der Waals surface area contributed by atoms with E-state index in [9.17, 15) is 9.59 Å². The molecule has 1 aliphatic rings. The maximum absolute atomic E-state index is 12.8. The zero-order valence-electron chi connectivity index (χ0n) is 16.2. The topological polar surface area (TPSA) is 68.3 Å². The standard InChI is InChI=1S/C20H24N6O2/c1-4-10-26-16-17(22(2)20(28)23(3)18(16)27)21-19(26)25-13-11-24(12-14-25)15-8-6-5-7-9-15/h4-9H,1,10-14H2,2-3H3. The summed E-state index contributed by atoms with van der Waals surface area (Å²) in [6, 6.07) is 10.3. The molecule has 1 aromatic carbocycles. The summed E-state index contributed by atoms with van der Waals surface area (Å²) in [7, 11) is 3.14. The first kappa shape index (κ1) is 18.1. The van der Waals surface area contributed by atoms with E-state index in [2.05, 4.69) is 33.5 Å². The second-order valence-corrected chi connectivity index (χ2v) is 7.00. The number of aromatic nitrogens is 4. The van der Waals surface area contributed by atoms with Crippen molar-refractivity contribution in [3.8, 4) is 0 Å². The number of imidazole rings is 1. The number of piperazine rings is 1. The van der Waals surface area contributed by atoms with Gasteiger partial charge in [-0.25, -0.2) is 4.79 Å². The predicted molar refractivity (Wildman–Crippen MR) is 111 cm³/mol. The molecule has 0 aliphatic carbocycles. The average Bonchev–Trinajstić information content (AvgIpc) is 3.11. The molecule has 3 heterocycles. The van der Waals surface area contributed by atoms with E-state index in [0.29, 0.717) is 23.7 Å². The van der Waals surface area contributed by atoms with Gasteiger partial charge in [0, 0.05) is 52.5 Å². The molecular weight excluding hydrogens is 356 g/mol. The zero-order chi connectivity index (χ0) is 19.8. The minimum absolute atomic E-state index is 0.332. The van der Waals surface area contributed by atoms with Gasteiger partial charge in [0.05, 0.1) is 0 Å². The average molecular weight is 380 g/mol. The molecule has 8 heteroatoms. The summed E-state index contributed by atoms with van der Waals surface area (Å²) in [5, 5.41) is 0. The van der Waals surface area contributed by atoms with Gasteiger partial charge in [0.1, 0.15) is 0 Å². The van der Waals surface area contributed by atoms with Crippen molar-refractivity contribution in [2.45, 2.75) is 6.54 Å². The first-order valence-electron chi connectivity index (χ1n) is 9.35. The highest BCUT2D eigenvalue weighted by Gasteiger charge is 2.25. The Labute approximate surface area is 162 Å². The van der Waals surface area contributed by atoms with E-state index in [1.165, 1.54) is 17.3 Å². The molecule has 28 heavy (non-hydrogen) atoms. The Morgan fingerprint density at radius 2 is 1.64 bits per heavy atom. The Morgan fingerprint density at radius 1 is 1.00 bits per heavy atom.